The van der Waals surface area contributed by atoms with Crippen LogP contribution in [0.3, 0.4) is 0 Å². The lowest BCUT2D eigenvalue weighted by Crippen LogP contribution is -2.35. The van der Waals surface area contributed by atoms with Crippen LogP contribution in [0.4, 0.5) is 0 Å². The van der Waals surface area contributed by atoms with Crippen LogP contribution in [-0.4, -0.2) is 23.7 Å². The van der Waals surface area contributed by atoms with Crippen LogP contribution in [0.25, 0.3) is 0 Å². The van der Waals surface area contributed by atoms with Gasteiger partial charge < -0.3 is 4.74 Å². The molecule has 1 fully saturated rings. The normalized spacial score (nSPS) is 31.8. The number of esters is 1. The van der Waals surface area contributed by atoms with E-state index >= 15 is 0 Å². The molecule has 3 nitrogen and oxygen atoms in total. The molecule has 0 aromatic rings. The third-order valence-corrected chi connectivity index (χ3v) is 3.54. The highest BCUT2D eigenvalue weighted by atomic mass is 35.5. The van der Waals surface area contributed by atoms with Crippen molar-refractivity contribution in [2.45, 2.75) is 32.1 Å². The fourth-order valence-electron chi connectivity index (χ4n) is 2.25. The second kappa shape index (κ2) is 4.12. The van der Waals surface area contributed by atoms with Crippen LogP contribution in [-0.2, 0) is 14.3 Å². The van der Waals surface area contributed by atoms with Crippen molar-refractivity contribution in [3.63, 3.8) is 0 Å². The maximum absolute atomic E-state index is 11.6. The van der Waals surface area contributed by atoms with Crippen LogP contribution < -0.4 is 0 Å². The van der Waals surface area contributed by atoms with Gasteiger partial charge in [-0.25, -0.2) is 0 Å². The van der Waals surface area contributed by atoms with Gasteiger partial charge in [0.1, 0.15) is 5.78 Å². The Balaban J connectivity index is 2.97. The van der Waals surface area contributed by atoms with E-state index in [0.717, 1.165) is 0 Å². The topological polar surface area (TPSA) is 43.4 Å². The van der Waals surface area contributed by atoms with Crippen molar-refractivity contribution in [3.8, 4) is 0 Å². The van der Waals surface area contributed by atoms with Crippen molar-refractivity contribution in [2.75, 3.05) is 7.11 Å². The van der Waals surface area contributed by atoms with Crippen molar-refractivity contribution >= 4 is 23.4 Å². The van der Waals surface area contributed by atoms with Crippen LogP contribution >= 0.6 is 11.6 Å². The lowest BCUT2D eigenvalue weighted by Gasteiger charge is -2.29. The molecule has 0 aliphatic heterocycles. The Kier molecular flexibility index (Phi) is 3.44. The minimum Gasteiger partial charge on any atom is -0.469 e. The number of Topliss-reactive ketones (excluding diaryl/α,β-unsaturated/α-hetero) is 1. The summed E-state index contributed by atoms with van der Waals surface area (Å²) in [6.45, 7) is 5.44. The van der Waals surface area contributed by atoms with Crippen molar-refractivity contribution in [3.05, 3.63) is 0 Å². The Bertz CT molecular complexity index is 280. The summed E-state index contributed by atoms with van der Waals surface area (Å²) < 4.78 is 4.73. The van der Waals surface area contributed by atoms with E-state index < -0.39 is 10.8 Å². The van der Waals surface area contributed by atoms with Crippen molar-refractivity contribution < 1.29 is 14.3 Å². The minimum absolute atomic E-state index is 0.101. The number of hydrogen-bond acceptors (Lipinski definition) is 3. The van der Waals surface area contributed by atoms with Gasteiger partial charge in [0.05, 0.1) is 13.0 Å². The van der Waals surface area contributed by atoms with E-state index in [1.54, 1.807) is 6.92 Å². The van der Waals surface area contributed by atoms with Crippen LogP contribution in [0, 0.1) is 17.8 Å². The summed E-state index contributed by atoms with van der Waals surface area (Å²) in [5.74, 6) is -1.03. The smallest absolute Gasteiger partial charge is 0.309 e. The Hall–Kier alpha value is -0.570. The Morgan fingerprint density at radius 1 is 1.53 bits per heavy atom. The van der Waals surface area contributed by atoms with Crippen LogP contribution in [0.15, 0.2) is 0 Å². The van der Waals surface area contributed by atoms with E-state index in [4.69, 9.17) is 16.3 Å². The number of methoxy groups -OCH3 is 1. The number of hydrogen-bond donors (Lipinski definition) is 0. The summed E-state index contributed by atoms with van der Waals surface area (Å²) in [5.41, 5.74) is 0. The van der Waals surface area contributed by atoms with Crippen molar-refractivity contribution in [1.82, 2.24) is 0 Å². The molecule has 0 aromatic heterocycles. The van der Waals surface area contributed by atoms with Crippen molar-refractivity contribution in [2.24, 2.45) is 17.8 Å². The summed E-state index contributed by atoms with van der Waals surface area (Å²) in [7, 11) is 1.34. The Morgan fingerprint density at radius 2 is 2.07 bits per heavy atom. The lowest BCUT2D eigenvalue weighted by atomic mass is 9.82. The lowest BCUT2D eigenvalue weighted by molar-refractivity contribution is -0.149. The maximum atomic E-state index is 11.6. The number of ketones is 1. The molecule has 0 N–H and O–H groups in total. The van der Waals surface area contributed by atoms with Gasteiger partial charge in [0.2, 0.25) is 0 Å². The highest BCUT2D eigenvalue weighted by molar-refractivity contribution is 6.24. The van der Waals surface area contributed by atoms with Crippen LogP contribution in [0.2, 0.25) is 0 Å². The molecule has 0 unspecified atom stereocenters. The van der Waals surface area contributed by atoms with Gasteiger partial charge in [-0.3, -0.25) is 9.59 Å². The minimum atomic E-state index is -0.556. The summed E-state index contributed by atoms with van der Waals surface area (Å²) in [4.78, 5) is 22.6. The number of carbonyl (C=O) groups excluding carboxylic acids is 2. The van der Waals surface area contributed by atoms with Gasteiger partial charge >= 0.3 is 5.97 Å². The first-order valence-corrected chi connectivity index (χ1v) is 5.46. The zero-order chi connectivity index (χ0) is 11.8. The number of carbonyl (C=O) groups is 2. The first kappa shape index (κ1) is 12.5. The van der Waals surface area contributed by atoms with Gasteiger partial charge in [-0.1, -0.05) is 6.92 Å². The van der Waals surface area contributed by atoms with E-state index in [1.165, 1.54) is 7.11 Å². The van der Waals surface area contributed by atoms with E-state index in [0.29, 0.717) is 6.42 Å². The molecule has 0 amide bonds. The van der Waals surface area contributed by atoms with Gasteiger partial charge in [-0.15, -0.1) is 11.6 Å². The zero-order valence-electron chi connectivity index (χ0n) is 9.54. The summed E-state index contributed by atoms with van der Waals surface area (Å²) in [6.07, 6.45) is 0.372. The standard InChI is InChI=1S/C11H17ClO3/c1-6-8(13)5-7(11(2,3)12)9(6)10(14)15-4/h6-7,9H,5H2,1-4H3/t6-,7+,9+/m0/s1. The third-order valence-electron chi connectivity index (χ3n) is 3.26. The number of ether oxygens (including phenoxy) is 1. The molecule has 0 spiro atoms. The second-order valence-electron chi connectivity index (χ2n) is 4.68. The molecule has 0 bridgehead atoms. The molecule has 1 aliphatic rings. The number of rotatable bonds is 2. The molecule has 0 heterocycles. The molecule has 1 rings (SSSR count). The number of alkyl halides is 1. The molecule has 0 saturated heterocycles. The van der Waals surface area contributed by atoms with Gasteiger partial charge in [0.15, 0.2) is 0 Å². The van der Waals surface area contributed by atoms with Gasteiger partial charge in [0, 0.05) is 17.2 Å². The second-order valence-corrected chi connectivity index (χ2v) is 5.65. The number of halogens is 1. The van der Waals surface area contributed by atoms with E-state index in [-0.39, 0.29) is 23.6 Å². The zero-order valence-corrected chi connectivity index (χ0v) is 10.3. The van der Waals surface area contributed by atoms with Gasteiger partial charge in [-0.2, -0.15) is 0 Å². The summed E-state index contributed by atoms with van der Waals surface area (Å²) in [6, 6.07) is 0. The Morgan fingerprint density at radius 3 is 2.47 bits per heavy atom. The average Bonchev–Trinajstić information content (AvgIpc) is 2.42. The quantitative estimate of drug-likeness (QED) is 0.541. The van der Waals surface area contributed by atoms with Crippen LogP contribution in [0.5, 0.6) is 0 Å². The van der Waals surface area contributed by atoms with Crippen LogP contribution in [0.1, 0.15) is 27.2 Å². The monoisotopic (exact) mass is 232 g/mol. The molecule has 0 radical (unpaired) electrons. The maximum Gasteiger partial charge on any atom is 0.309 e. The molecular weight excluding hydrogens is 216 g/mol. The summed E-state index contributed by atoms with van der Waals surface area (Å²) >= 11 is 6.21. The first-order valence-electron chi connectivity index (χ1n) is 5.08. The molecule has 3 atom stereocenters. The molecule has 4 heteroatoms. The predicted octanol–water partition coefficient (Wildman–Crippen LogP) is 2.02. The van der Waals surface area contributed by atoms with Gasteiger partial charge in [0.25, 0.3) is 0 Å². The molecule has 86 valence electrons. The largest absolute Gasteiger partial charge is 0.469 e. The third kappa shape index (κ3) is 2.33. The highest BCUT2D eigenvalue weighted by Crippen LogP contribution is 2.44. The molecule has 1 aliphatic carbocycles. The first-order chi connectivity index (χ1) is 6.79. The predicted molar refractivity (Wildman–Crippen MR) is 57.7 cm³/mol. The molecule has 15 heavy (non-hydrogen) atoms. The average molecular weight is 233 g/mol. The fraction of sp³-hybridized carbons (Fsp3) is 0.818. The summed E-state index contributed by atoms with van der Waals surface area (Å²) in [5, 5.41) is 0. The van der Waals surface area contributed by atoms with Crippen molar-refractivity contribution in [1.29, 1.82) is 0 Å². The SMILES string of the molecule is COC(=O)[C@H]1[C@H](C(C)(C)Cl)CC(=O)[C@@H]1C. The molecule has 1 saturated carbocycles. The molecule has 0 aromatic carbocycles. The van der Waals surface area contributed by atoms with E-state index in [9.17, 15) is 9.59 Å². The Labute approximate surface area is 95.1 Å². The fourth-order valence-corrected chi connectivity index (χ4v) is 2.47. The van der Waals surface area contributed by atoms with Gasteiger partial charge in [-0.05, 0) is 19.8 Å². The van der Waals surface area contributed by atoms with E-state index in [2.05, 4.69) is 0 Å². The molecular formula is C11H17ClO3. The van der Waals surface area contributed by atoms with E-state index in [1.807, 2.05) is 13.8 Å². The highest BCUT2D eigenvalue weighted by Gasteiger charge is 2.50.